The molecule has 37 heavy (non-hydrogen) atoms. The highest BCUT2D eigenvalue weighted by atomic mass is 35.5. The number of aliphatic hydroxyl groups is 1. The van der Waals surface area contributed by atoms with Gasteiger partial charge in [0.2, 0.25) is 0 Å². The second-order valence-electron chi connectivity index (χ2n) is 10.7. The lowest BCUT2D eigenvalue weighted by molar-refractivity contribution is -0.138. The number of rotatable bonds is 11. The molecule has 0 saturated carbocycles. The zero-order valence-electron chi connectivity index (χ0n) is 23.0. The number of aliphatic hydroxyl groups excluding tert-OH is 1. The molecule has 2 aliphatic rings. The molecule has 1 fully saturated rings. The molecule has 0 spiro atoms. The number of Topliss-reactive ketones (excluding diaryl/α,β-unsaturated/α-hetero) is 2. The number of ether oxygens (including phenoxy) is 1. The Balaban J connectivity index is 1.80. The number of benzene rings is 1. The lowest BCUT2D eigenvalue weighted by Crippen LogP contribution is -2.51. The van der Waals surface area contributed by atoms with E-state index in [1.807, 2.05) is 24.1 Å². The van der Waals surface area contributed by atoms with Crippen LogP contribution in [0.2, 0.25) is 5.02 Å². The fourth-order valence-corrected chi connectivity index (χ4v) is 5.75. The maximum atomic E-state index is 13.4. The molecule has 7 heteroatoms. The summed E-state index contributed by atoms with van der Waals surface area (Å²) < 4.78 is 5.47. The van der Waals surface area contributed by atoms with Gasteiger partial charge in [-0.05, 0) is 76.0 Å². The van der Waals surface area contributed by atoms with Crippen LogP contribution in [-0.4, -0.2) is 48.1 Å². The number of fused-ring (bicyclic) bond motifs is 3. The lowest BCUT2D eigenvalue weighted by Gasteiger charge is -2.48. The van der Waals surface area contributed by atoms with Gasteiger partial charge in [0.25, 0.3) is 0 Å². The van der Waals surface area contributed by atoms with Gasteiger partial charge in [-0.15, -0.1) is 0 Å². The Kier molecular flexibility index (Phi) is 10.5. The molecule has 6 nitrogen and oxygen atoms in total. The van der Waals surface area contributed by atoms with Crippen molar-refractivity contribution in [2.24, 2.45) is 11.8 Å². The molecule has 2 aliphatic heterocycles. The molecule has 3 rings (SSSR count). The first-order valence-electron chi connectivity index (χ1n) is 13.4. The summed E-state index contributed by atoms with van der Waals surface area (Å²) in [6, 6.07) is 6.05. The highest BCUT2D eigenvalue weighted by molar-refractivity contribution is 6.33. The van der Waals surface area contributed by atoms with Crippen LogP contribution in [0.5, 0.6) is 0 Å². The van der Waals surface area contributed by atoms with Crippen molar-refractivity contribution in [1.82, 2.24) is 0 Å². The van der Waals surface area contributed by atoms with E-state index < -0.39 is 12.2 Å². The van der Waals surface area contributed by atoms with E-state index in [9.17, 15) is 14.7 Å². The van der Waals surface area contributed by atoms with Gasteiger partial charge in [0.05, 0.1) is 16.8 Å². The Morgan fingerprint density at radius 1 is 1.27 bits per heavy atom. The number of methoxy groups -OCH3 is 1. The van der Waals surface area contributed by atoms with E-state index in [-0.39, 0.29) is 42.0 Å². The fourth-order valence-electron chi connectivity index (χ4n) is 5.47. The predicted molar refractivity (Wildman–Crippen MR) is 148 cm³/mol. The van der Waals surface area contributed by atoms with Crippen LogP contribution in [0.15, 0.2) is 41.5 Å². The minimum Gasteiger partial charge on any atom is -0.386 e. The van der Waals surface area contributed by atoms with Crippen LogP contribution in [0.4, 0.5) is 5.69 Å². The Morgan fingerprint density at radius 3 is 2.65 bits per heavy atom. The number of carbonyl (C=O) groups excluding carboxylic acids is 2. The Labute approximate surface area is 226 Å². The van der Waals surface area contributed by atoms with Crippen molar-refractivity contribution >= 4 is 28.9 Å². The van der Waals surface area contributed by atoms with Gasteiger partial charge in [0.1, 0.15) is 24.1 Å². The average Bonchev–Trinajstić information content (AvgIpc) is 2.87. The van der Waals surface area contributed by atoms with Gasteiger partial charge in [-0.3, -0.25) is 14.4 Å². The molecule has 0 aliphatic carbocycles. The number of halogens is 1. The largest absolute Gasteiger partial charge is 0.386 e. The molecule has 0 radical (unpaired) electrons. The zero-order chi connectivity index (χ0) is 27.3. The Bertz CT molecular complexity index is 1030. The van der Waals surface area contributed by atoms with Crippen molar-refractivity contribution in [2.75, 3.05) is 12.2 Å². The molecule has 0 bridgehead atoms. The predicted octanol–water partition coefficient (Wildman–Crippen LogP) is 6.03. The van der Waals surface area contributed by atoms with Crippen LogP contribution in [0.1, 0.15) is 72.3 Å². The molecule has 1 aromatic rings. The topological polar surface area (TPSA) is 76.1 Å². The summed E-state index contributed by atoms with van der Waals surface area (Å²) in [5.74, 6) is -0.274. The van der Waals surface area contributed by atoms with E-state index in [1.165, 1.54) is 19.6 Å². The molecule has 204 valence electrons. The summed E-state index contributed by atoms with van der Waals surface area (Å²) in [5, 5.41) is 13.5. The molecule has 1 saturated heterocycles. The van der Waals surface area contributed by atoms with E-state index >= 15 is 0 Å². The molecular weight excluding hydrogens is 490 g/mol. The van der Waals surface area contributed by atoms with Gasteiger partial charge in [-0.1, -0.05) is 55.3 Å². The molecular formula is C30H42ClNO5. The standard InChI is InChI=1S/C30H42ClNO5/c1-7-18(2)15-24-13-14-26-23(17-22-9-8-10-25(31)27(22)32(26)37-24)16-20(4)29(35)30(36-6)28(34)19(3)11-12-21(5)33/h8-11,15,20,23-24,26,28,30,34H,7,12-14,16-17H2,1-6H3/b18-15+,19-11+/t20?,23-,24?,26?,28?,30-/m1/s1. The lowest BCUT2D eigenvalue weighted by atomic mass is 9.77. The summed E-state index contributed by atoms with van der Waals surface area (Å²) in [4.78, 5) is 31.3. The van der Waals surface area contributed by atoms with Gasteiger partial charge < -0.3 is 9.84 Å². The van der Waals surface area contributed by atoms with Crippen LogP contribution in [-0.2, 0) is 25.6 Å². The molecule has 0 aromatic heterocycles. The first-order chi connectivity index (χ1) is 17.6. The number of hydrogen-bond acceptors (Lipinski definition) is 6. The van der Waals surface area contributed by atoms with Gasteiger partial charge in [-0.2, -0.15) is 0 Å². The zero-order valence-corrected chi connectivity index (χ0v) is 23.8. The number of nitrogens with zero attached hydrogens (tertiary/aromatic N) is 1. The van der Waals surface area contributed by atoms with Crippen LogP contribution >= 0.6 is 11.6 Å². The maximum Gasteiger partial charge on any atom is 0.167 e. The van der Waals surface area contributed by atoms with Crippen molar-refractivity contribution in [2.45, 2.75) is 97.5 Å². The third-order valence-electron chi connectivity index (χ3n) is 7.78. The summed E-state index contributed by atoms with van der Waals surface area (Å²) in [6.07, 6.45) is 6.32. The molecule has 1 aromatic carbocycles. The number of para-hydroxylation sites is 1. The Morgan fingerprint density at radius 2 is 2.00 bits per heavy atom. The maximum absolute atomic E-state index is 13.4. The minimum atomic E-state index is -1.09. The minimum absolute atomic E-state index is 0.000246. The number of hydroxylamine groups is 1. The van der Waals surface area contributed by atoms with Gasteiger partial charge in [0, 0.05) is 19.4 Å². The molecule has 2 heterocycles. The van der Waals surface area contributed by atoms with Gasteiger partial charge in [-0.25, -0.2) is 5.06 Å². The number of carbonyl (C=O) groups is 2. The second-order valence-corrected chi connectivity index (χ2v) is 11.1. The number of ketones is 2. The van der Waals surface area contributed by atoms with Crippen molar-refractivity contribution in [1.29, 1.82) is 0 Å². The highest BCUT2D eigenvalue weighted by Gasteiger charge is 2.42. The molecule has 4 unspecified atom stereocenters. The van der Waals surface area contributed by atoms with Crippen LogP contribution < -0.4 is 5.06 Å². The van der Waals surface area contributed by atoms with Crippen LogP contribution in [0, 0.1) is 11.8 Å². The van der Waals surface area contributed by atoms with Gasteiger partial charge >= 0.3 is 0 Å². The second kappa shape index (κ2) is 13.2. The molecule has 0 amide bonds. The number of hydrogen-bond donors (Lipinski definition) is 1. The summed E-state index contributed by atoms with van der Waals surface area (Å²) in [6.45, 7) is 9.40. The molecule has 6 atom stereocenters. The summed E-state index contributed by atoms with van der Waals surface area (Å²) in [5.41, 5.74) is 3.93. The van der Waals surface area contributed by atoms with E-state index in [4.69, 9.17) is 21.2 Å². The highest BCUT2D eigenvalue weighted by Crippen LogP contribution is 2.45. The van der Waals surface area contributed by atoms with Crippen molar-refractivity contribution < 1.29 is 24.3 Å². The van der Waals surface area contributed by atoms with E-state index in [0.717, 1.165) is 36.9 Å². The van der Waals surface area contributed by atoms with E-state index in [0.29, 0.717) is 17.0 Å². The third-order valence-corrected chi connectivity index (χ3v) is 8.09. The van der Waals surface area contributed by atoms with Gasteiger partial charge in [0.15, 0.2) is 5.78 Å². The van der Waals surface area contributed by atoms with E-state index in [2.05, 4.69) is 26.0 Å². The summed E-state index contributed by atoms with van der Waals surface area (Å²) in [7, 11) is 1.44. The third kappa shape index (κ3) is 7.11. The first kappa shape index (κ1) is 29.6. The fraction of sp³-hybridized carbons (Fsp3) is 0.600. The molecule has 1 N–H and O–H groups in total. The smallest absolute Gasteiger partial charge is 0.167 e. The van der Waals surface area contributed by atoms with Crippen molar-refractivity contribution in [3.05, 3.63) is 52.1 Å². The van der Waals surface area contributed by atoms with Crippen LogP contribution in [0.3, 0.4) is 0 Å². The Hall–Kier alpha value is -1.99. The van der Waals surface area contributed by atoms with E-state index in [1.54, 1.807) is 13.0 Å². The SMILES string of the molecule is CC/C(C)=C/C1CCC2[C@H](CC(C)C(=O)[C@H](OC)C(O)/C(C)=C/CC(C)=O)Cc3cccc(Cl)c3N2O1. The van der Waals surface area contributed by atoms with Crippen molar-refractivity contribution in [3.8, 4) is 0 Å². The first-order valence-corrected chi connectivity index (χ1v) is 13.8. The average molecular weight is 532 g/mol. The monoisotopic (exact) mass is 531 g/mol. The van der Waals surface area contributed by atoms with Crippen LogP contribution in [0.25, 0.3) is 0 Å². The summed E-state index contributed by atoms with van der Waals surface area (Å²) >= 11 is 6.65. The normalized spacial score (nSPS) is 24.6. The van der Waals surface area contributed by atoms with Crippen molar-refractivity contribution in [3.63, 3.8) is 0 Å². The number of allylic oxidation sites excluding steroid dienone is 2. The quantitative estimate of drug-likeness (QED) is 0.351. The number of anilines is 1.